The van der Waals surface area contributed by atoms with E-state index in [0.717, 1.165) is 29.1 Å². The number of Topliss-reactive ketones (excluding diaryl/α,β-unsaturated/α-hetero) is 2. The fourth-order valence-electron chi connectivity index (χ4n) is 4.26. The Kier molecular flexibility index (Phi) is 14.6. The summed E-state index contributed by atoms with van der Waals surface area (Å²) >= 11 is 1.57. The smallest absolute Gasteiger partial charge is 0.305 e. The molecule has 0 amide bonds. The van der Waals surface area contributed by atoms with E-state index in [1.54, 1.807) is 30.8 Å². The van der Waals surface area contributed by atoms with Crippen molar-refractivity contribution in [3.05, 3.63) is 46.5 Å². The summed E-state index contributed by atoms with van der Waals surface area (Å²) in [5, 5.41) is 19.9. The summed E-state index contributed by atoms with van der Waals surface area (Å²) in [4.78, 5) is 36.7. The van der Waals surface area contributed by atoms with Gasteiger partial charge in [0.2, 0.25) is 0 Å². The van der Waals surface area contributed by atoms with Gasteiger partial charge in [-0.05, 0) is 77.1 Å². The molecule has 0 heterocycles. The van der Waals surface area contributed by atoms with Crippen molar-refractivity contribution < 1.29 is 38.8 Å². The average Bonchev–Trinajstić information content (AvgIpc) is 2.91. The number of ketones is 2. The number of phenolic OH excluding ortho intramolecular Hbond substituents is 1. The third-order valence-electron chi connectivity index (χ3n) is 6.18. The molecule has 9 heteroatoms. The molecule has 0 saturated carbocycles. The number of thioether (sulfide) groups is 1. The zero-order valence-electron chi connectivity index (χ0n) is 24.0. The molecule has 0 unspecified atom stereocenters. The fraction of sp³-hybridized carbons (Fsp3) is 0.516. The van der Waals surface area contributed by atoms with E-state index < -0.39 is 0 Å². The third-order valence-corrected chi connectivity index (χ3v) is 7.37. The molecule has 0 saturated heterocycles. The maximum absolute atomic E-state index is 12.3. The topological polar surface area (TPSA) is 119 Å². The second-order valence-electron chi connectivity index (χ2n) is 9.35. The predicted molar refractivity (Wildman–Crippen MR) is 156 cm³/mol. The van der Waals surface area contributed by atoms with Gasteiger partial charge in [-0.25, -0.2) is 0 Å². The molecule has 220 valence electrons. The summed E-state index contributed by atoms with van der Waals surface area (Å²) < 4.78 is 17.2. The minimum Gasteiger partial charge on any atom is -0.507 e. The first-order valence-corrected chi connectivity index (χ1v) is 14.9. The number of hydrogen-bond acceptors (Lipinski definition) is 9. The van der Waals surface area contributed by atoms with Crippen molar-refractivity contribution >= 4 is 29.3 Å². The lowest BCUT2D eigenvalue weighted by Gasteiger charge is -2.19. The molecule has 2 rings (SSSR count). The molecule has 0 spiro atoms. The van der Waals surface area contributed by atoms with Crippen LogP contribution < -0.4 is 9.47 Å². The Labute approximate surface area is 241 Å². The Morgan fingerprint density at radius 1 is 0.850 bits per heavy atom. The highest BCUT2D eigenvalue weighted by Gasteiger charge is 2.19. The maximum Gasteiger partial charge on any atom is 0.305 e. The number of esters is 1. The van der Waals surface area contributed by atoms with Crippen molar-refractivity contribution in [3.63, 3.8) is 0 Å². The van der Waals surface area contributed by atoms with Gasteiger partial charge in [0.1, 0.15) is 17.2 Å². The number of carbonyl (C=O) groups is 3. The quantitative estimate of drug-likeness (QED) is 0.0906. The van der Waals surface area contributed by atoms with E-state index in [9.17, 15) is 24.6 Å². The van der Waals surface area contributed by atoms with Crippen molar-refractivity contribution in [1.29, 1.82) is 0 Å². The molecule has 2 N–H and O–H groups in total. The number of phenols is 1. The monoisotopic (exact) mass is 574 g/mol. The predicted octanol–water partition coefficient (Wildman–Crippen LogP) is 5.96. The zero-order valence-corrected chi connectivity index (χ0v) is 24.9. The second kappa shape index (κ2) is 17.6. The van der Waals surface area contributed by atoms with Crippen LogP contribution in [0.2, 0.25) is 0 Å². The molecule has 40 heavy (non-hydrogen) atoms. The SMILES string of the molecule is CCCc1c(OCCCSc2ccc(C(C)=O)c(O)c2CCCO)ccc(C(C)=O)c1OCCCC(=O)OCC. The molecular formula is C31H42O8S. The molecule has 2 aromatic rings. The number of ether oxygens (including phenoxy) is 3. The van der Waals surface area contributed by atoms with E-state index in [4.69, 9.17) is 14.2 Å². The van der Waals surface area contributed by atoms with Crippen molar-refractivity contribution in [1.82, 2.24) is 0 Å². The molecule has 0 aliphatic heterocycles. The van der Waals surface area contributed by atoms with Crippen molar-refractivity contribution in [2.75, 3.05) is 32.2 Å². The molecule has 0 atom stereocenters. The molecule has 0 aliphatic carbocycles. The van der Waals surface area contributed by atoms with Crippen molar-refractivity contribution in [2.45, 2.75) is 77.5 Å². The van der Waals surface area contributed by atoms with Gasteiger partial charge in [-0.3, -0.25) is 14.4 Å². The van der Waals surface area contributed by atoms with E-state index in [1.807, 2.05) is 19.1 Å². The van der Waals surface area contributed by atoms with E-state index in [-0.39, 0.29) is 48.5 Å². The van der Waals surface area contributed by atoms with Gasteiger partial charge in [0.15, 0.2) is 11.6 Å². The molecular weight excluding hydrogens is 532 g/mol. The number of rotatable bonds is 19. The van der Waals surface area contributed by atoms with Gasteiger partial charge in [-0.15, -0.1) is 11.8 Å². The Morgan fingerprint density at radius 3 is 2.20 bits per heavy atom. The number of hydrogen-bond donors (Lipinski definition) is 2. The highest BCUT2D eigenvalue weighted by molar-refractivity contribution is 7.99. The Morgan fingerprint density at radius 2 is 1.55 bits per heavy atom. The first kappa shape index (κ1) is 33.2. The van der Waals surface area contributed by atoms with Gasteiger partial charge >= 0.3 is 5.97 Å². The molecule has 0 fully saturated rings. The highest BCUT2D eigenvalue weighted by atomic mass is 32.2. The van der Waals surface area contributed by atoms with Crippen LogP contribution in [0.1, 0.15) is 91.6 Å². The second-order valence-corrected chi connectivity index (χ2v) is 10.5. The standard InChI is InChI=1S/C31H42O8S/c1-5-10-25-27(15-13-24(22(4)34)31(25)39-18-8-12-29(35)37-6-2)38-19-9-20-40-28-16-14-23(21(3)33)30(36)26(28)11-7-17-32/h13-16,32,36H,5-12,17-20H2,1-4H3. The Bertz CT molecular complexity index is 1140. The van der Waals surface area contributed by atoms with Gasteiger partial charge in [0.05, 0.1) is 30.9 Å². The molecule has 2 aromatic carbocycles. The summed E-state index contributed by atoms with van der Waals surface area (Å²) in [6.07, 6.45) is 3.93. The molecule has 0 aliphatic rings. The number of aromatic hydroxyl groups is 1. The van der Waals surface area contributed by atoms with E-state index in [2.05, 4.69) is 0 Å². The van der Waals surface area contributed by atoms with E-state index in [0.29, 0.717) is 61.5 Å². The van der Waals surface area contributed by atoms with Crippen LogP contribution >= 0.6 is 11.8 Å². The van der Waals surface area contributed by atoms with Crippen molar-refractivity contribution in [3.8, 4) is 17.2 Å². The minimum absolute atomic E-state index is 0.00129. The summed E-state index contributed by atoms with van der Waals surface area (Å²) in [7, 11) is 0. The Hall–Kier alpha value is -3.04. The van der Waals surface area contributed by atoms with Crippen LogP contribution in [0.15, 0.2) is 29.2 Å². The van der Waals surface area contributed by atoms with Crippen LogP contribution in [0.5, 0.6) is 17.2 Å². The third kappa shape index (κ3) is 9.86. The summed E-state index contributed by atoms with van der Waals surface area (Å²) in [5.74, 6) is 1.32. The fourth-order valence-corrected chi connectivity index (χ4v) is 5.27. The summed E-state index contributed by atoms with van der Waals surface area (Å²) in [6, 6.07) is 7.02. The summed E-state index contributed by atoms with van der Waals surface area (Å²) in [6.45, 7) is 7.80. The van der Waals surface area contributed by atoms with Gasteiger partial charge in [0.25, 0.3) is 0 Å². The van der Waals surface area contributed by atoms with Gasteiger partial charge in [-0.2, -0.15) is 0 Å². The molecule has 0 bridgehead atoms. The van der Waals surface area contributed by atoms with Crippen molar-refractivity contribution in [2.24, 2.45) is 0 Å². The lowest BCUT2D eigenvalue weighted by molar-refractivity contribution is -0.143. The lowest BCUT2D eigenvalue weighted by Crippen LogP contribution is -2.11. The highest BCUT2D eigenvalue weighted by Crippen LogP contribution is 2.36. The van der Waals surface area contributed by atoms with Gasteiger partial charge in [0, 0.05) is 34.8 Å². The van der Waals surface area contributed by atoms with Gasteiger partial charge in [-0.1, -0.05) is 13.3 Å². The van der Waals surface area contributed by atoms with Crippen LogP contribution in [-0.2, 0) is 22.4 Å². The van der Waals surface area contributed by atoms with Crippen LogP contribution in [0.3, 0.4) is 0 Å². The van der Waals surface area contributed by atoms with E-state index >= 15 is 0 Å². The van der Waals surface area contributed by atoms with Crippen LogP contribution in [0, 0.1) is 0 Å². The maximum atomic E-state index is 12.3. The zero-order chi connectivity index (χ0) is 29.5. The van der Waals surface area contributed by atoms with Crippen LogP contribution in [-0.4, -0.2) is 59.9 Å². The van der Waals surface area contributed by atoms with E-state index in [1.165, 1.54) is 13.8 Å². The molecule has 0 radical (unpaired) electrons. The summed E-state index contributed by atoms with van der Waals surface area (Å²) in [5.41, 5.74) is 2.31. The lowest BCUT2D eigenvalue weighted by atomic mass is 10.0. The average molecular weight is 575 g/mol. The van der Waals surface area contributed by atoms with Crippen LogP contribution in [0.25, 0.3) is 0 Å². The number of carbonyl (C=O) groups excluding carboxylic acids is 3. The first-order chi connectivity index (χ1) is 19.2. The normalized spacial score (nSPS) is 10.8. The molecule has 8 nitrogen and oxygen atoms in total. The number of benzene rings is 2. The number of aliphatic hydroxyl groups excluding tert-OH is 1. The van der Waals surface area contributed by atoms with Gasteiger partial charge < -0.3 is 24.4 Å². The number of aliphatic hydroxyl groups is 1. The minimum atomic E-state index is -0.271. The first-order valence-electron chi connectivity index (χ1n) is 13.9. The largest absolute Gasteiger partial charge is 0.507 e. The molecule has 0 aromatic heterocycles. The van der Waals surface area contributed by atoms with Crippen LogP contribution in [0.4, 0.5) is 0 Å². The Balaban J connectivity index is 2.07.